The average molecular weight is 251 g/mol. The van der Waals surface area contributed by atoms with E-state index in [9.17, 15) is 0 Å². The van der Waals surface area contributed by atoms with Crippen LogP contribution in [0.15, 0.2) is 18.2 Å². The maximum atomic E-state index is 6.20. The molecule has 0 aliphatic heterocycles. The van der Waals surface area contributed by atoms with Gasteiger partial charge in [-0.1, -0.05) is 11.6 Å². The minimum Gasteiger partial charge on any atom is -0.494 e. The van der Waals surface area contributed by atoms with E-state index in [0.29, 0.717) is 5.02 Å². The van der Waals surface area contributed by atoms with Gasteiger partial charge in [0, 0.05) is 11.4 Å². The molecule has 2 N–H and O–H groups in total. The maximum Gasteiger partial charge on any atom is 0.145 e. The monoisotopic (exact) mass is 250 g/mol. The average Bonchev–Trinajstić information content (AvgIpc) is 2.28. The minimum absolute atomic E-state index is 0.109. The van der Waals surface area contributed by atoms with Crippen molar-refractivity contribution in [1.82, 2.24) is 4.98 Å². The van der Waals surface area contributed by atoms with E-state index in [1.54, 1.807) is 7.11 Å². The molecule has 2 rings (SSSR count). The van der Waals surface area contributed by atoms with Gasteiger partial charge in [-0.15, -0.1) is 0 Å². The van der Waals surface area contributed by atoms with Crippen LogP contribution in [-0.2, 0) is 0 Å². The molecule has 1 unspecified atom stereocenters. The van der Waals surface area contributed by atoms with Gasteiger partial charge in [0.05, 0.1) is 17.8 Å². The highest BCUT2D eigenvalue weighted by Gasteiger charge is 2.12. The second-order valence-corrected chi connectivity index (χ2v) is 4.53. The number of fused-ring (bicyclic) bond motifs is 1. The predicted octanol–water partition coefficient (Wildman–Crippen LogP) is 3.22. The second kappa shape index (κ2) is 4.51. The summed E-state index contributed by atoms with van der Waals surface area (Å²) in [5.74, 6) is 0.718. The number of ether oxygens (including phenoxy) is 1. The number of nitrogens with two attached hydrogens (primary N) is 1. The van der Waals surface area contributed by atoms with Crippen molar-refractivity contribution in [2.24, 2.45) is 5.73 Å². The van der Waals surface area contributed by atoms with Crippen molar-refractivity contribution >= 4 is 22.5 Å². The molecule has 1 aromatic heterocycles. The van der Waals surface area contributed by atoms with E-state index in [4.69, 9.17) is 22.1 Å². The van der Waals surface area contributed by atoms with Gasteiger partial charge >= 0.3 is 0 Å². The lowest BCUT2D eigenvalue weighted by Crippen LogP contribution is -2.08. The Kier molecular flexibility index (Phi) is 3.22. The lowest BCUT2D eigenvalue weighted by Gasteiger charge is -2.12. The lowest BCUT2D eigenvalue weighted by molar-refractivity contribution is 0.418. The Morgan fingerprint density at radius 2 is 2.12 bits per heavy atom. The highest BCUT2D eigenvalue weighted by Crippen LogP contribution is 2.33. The van der Waals surface area contributed by atoms with Crippen LogP contribution in [0.25, 0.3) is 10.9 Å². The number of benzene rings is 1. The molecule has 0 saturated heterocycles. The molecule has 0 saturated carbocycles. The molecule has 2 aromatic rings. The molecular weight excluding hydrogens is 236 g/mol. The van der Waals surface area contributed by atoms with E-state index < -0.39 is 0 Å². The molecule has 0 aliphatic rings. The highest BCUT2D eigenvalue weighted by molar-refractivity contribution is 6.35. The first kappa shape index (κ1) is 12.1. The van der Waals surface area contributed by atoms with Crippen LogP contribution in [0.4, 0.5) is 0 Å². The zero-order valence-electron chi connectivity index (χ0n) is 10.1. The number of halogens is 1. The van der Waals surface area contributed by atoms with E-state index >= 15 is 0 Å². The number of pyridine rings is 1. The second-order valence-electron chi connectivity index (χ2n) is 4.13. The van der Waals surface area contributed by atoms with Crippen LogP contribution in [0.2, 0.25) is 5.02 Å². The number of hydrogen-bond acceptors (Lipinski definition) is 3. The molecule has 1 aromatic carbocycles. The Bertz CT molecular complexity index is 567. The van der Waals surface area contributed by atoms with Gasteiger partial charge in [0.25, 0.3) is 0 Å². The molecule has 4 heteroatoms. The third-order valence-corrected chi connectivity index (χ3v) is 3.09. The smallest absolute Gasteiger partial charge is 0.145 e. The Morgan fingerprint density at radius 3 is 2.71 bits per heavy atom. The summed E-state index contributed by atoms with van der Waals surface area (Å²) in [6.45, 7) is 3.91. The van der Waals surface area contributed by atoms with E-state index in [2.05, 4.69) is 4.98 Å². The predicted molar refractivity (Wildman–Crippen MR) is 70.6 cm³/mol. The summed E-state index contributed by atoms with van der Waals surface area (Å²) in [5, 5.41) is 1.61. The van der Waals surface area contributed by atoms with Crippen LogP contribution in [0.3, 0.4) is 0 Å². The first-order valence-corrected chi connectivity index (χ1v) is 5.81. The summed E-state index contributed by atoms with van der Waals surface area (Å²) in [7, 11) is 1.62. The zero-order chi connectivity index (χ0) is 12.6. The standard InChI is InChI=1S/C13H15ClN2O/c1-7-6-10(8(2)15)16-13-11(17-3)5-4-9(14)12(7)13/h4-6,8H,15H2,1-3H3. The van der Waals surface area contributed by atoms with E-state index in [-0.39, 0.29) is 6.04 Å². The van der Waals surface area contributed by atoms with Crippen molar-refractivity contribution in [3.63, 3.8) is 0 Å². The molecule has 17 heavy (non-hydrogen) atoms. The molecule has 1 atom stereocenters. The number of aryl methyl sites for hydroxylation is 1. The van der Waals surface area contributed by atoms with E-state index in [0.717, 1.165) is 27.9 Å². The van der Waals surface area contributed by atoms with Crippen molar-refractivity contribution < 1.29 is 4.74 Å². The third-order valence-electron chi connectivity index (χ3n) is 2.78. The summed E-state index contributed by atoms with van der Waals surface area (Å²) in [6.07, 6.45) is 0. The van der Waals surface area contributed by atoms with E-state index in [1.165, 1.54) is 0 Å². The Morgan fingerprint density at radius 1 is 1.41 bits per heavy atom. The topological polar surface area (TPSA) is 48.1 Å². The summed E-state index contributed by atoms with van der Waals surface area (Å²) in [6, 6.07) is 5.50. The van der Waals surface area contributed by atoms with Gasteiger partial charge in [-0.05, 0) is 37.6 Å². The van der Waals surface area contributed by atoms with Gasteiger partial charge in [0.15, 0.2) is 0 Å². The molecule has 0 bridgehead atoms. The van der Waals surface area contributed by atoms with Crippen LogP contribution < -0.4 is 10.5 Å². The van der Waals surface area contributed by atoms with Crippen molar-refractivity contribution in [3.8, 4) is 5.75 Å². The van der Waals surface area contributed by atoms with Gasteiger partial charge in [-0.3, -0.25) is 0 Å². The lowest BCUT2D eigenvalue weighted by atomic mass is 10.1. The van der Waals surface area contributed by atoms with Crippen molar-refractivity contribution in [2.75, 3.05) is 7.11 Å². The van der Waals surface area contributed by atoms with Crippen LogP contribution in [0, 0.1) is 6.92 Å². The van der Waals surface area contributed by atoms with Crippen LogP contribution in [0.1, 0.15) is 24.2 Å². The number of aromatic nitrogens is 1. The van der Waals surface area contributed by atoms with Gasteiger partial charge in [-0.2, -0.15) is 0 Å². The summed E-state index contributed by atoms with van der Waals surface area (Å²) >= 11 is 6.20. The zero-order valence-corrected chi connectivity index (χ0v) is 10.9. The SMILES string of the molecule is COc1ccc(Cl)c2c(C)cc(C(C)N)nc12. The highest BCUT2D eigenvalue weighted by atomic mass is 35.5. The van der Waals surface area contributed by atoms with Gasteiger partial charge < -0.3 is 10.5 Å². The largest absolute Gasteiger partial charge is 0.494 e. The fourth-order valence-corrected chi connectivity index (χ4v) is 2.19. The third kappa shape index (κ3) is 2.08. The quantitative estimate of drug-likeness (QED) is 0.890. The van der Waals surface area contributed by atoms with Gasteiger partial charge in [-0.25, -0.2) is 4.98 Å². The van der Waals surface area contributed by atoms with Crippen molar-refractivity contribution in [2.45, 2.75) is 19.9 Å². The van der Waals surface area contributed by atoms with Crippen molar-refractivity contribution in [3.05, 3.63) is 34.5 Å². The summed E-state index contributed by atoms with van der Waals surface area (Å²) in [4.78, 5) is 4.53. The molecular formula is C13H15ClN2O. The normalized spacial score (nSPS) is 12.8. The maximum absolute atomic E-state index is 6.20. The molecule has 0 fully saturated rings. The van der Waals surface area contributed by atoms with Gasteiger partial charge in [0.2, 0.25) is 0 Å². The minimum atomic E-state index is -0.109. The molecule has 0 aliphatic carbocycles. The van der Waals surface area contributed by atoms with Crippen LogP contribution in [0.5, 0.6) is 5.75 Å². The van der Waals surface area contributed by atoms with Gasteiger partial charge in [0.1, 0.15) is 11.3 Å². The van der Waals surface area contributed by atoms with E-state index in [1.807, 2.05) is 32.0 Å². The molecule has 3 nitrogen and oxygen atoms in total. The molecule has 0 amide bonds. The number of rotatable bonds is 2. The Labute approximate surface area is 106 Å². The van der Waals surface area contributed by atoms with Crippen LogP contribution >= 0.6 is 11.6 Å². The number of methoxy groups -OCH3 is 1. The number of nitrogens with zero attached hydrogens (tertiary/aromatic N) is 1. The first-order chi connectivity index (χ1) is 8.04. The molecule has 0 spiro atoms. The van der Waals surface area contributed by atoms with Crippen LogP contribution in [-0.4, -0.2) is 12.1 Å². The Balaban J connectivity index is 2.85. The molecule has 0 radical (unpaired) electrons. The molecule has 90 valence electrons. The first-order valence-electron chi connectivity index (χ1n) is 5.44. The number of hydrogen-bond donors (Lipinski definition) is 1. The molecule has 1 heterocycles. The van der Waals surface area contributed by atoms with Crippen molar-refractivity contribution in [1.29, 1.82) is 0 Å². The summed E-state index contributed by atoms with van der Waals surface area (Å²) < 4.78 is 5.31. The Hall–Kier alpha value is -1.32. The fourth-order valence-electron chi connectivity index (χ4n) is 1.89. The fraction of sp³-hybridized carbons (Fsp3) is 0.308. The summed E-state index contributed by atoms with van der Waals surface area (Å²) in [5.41, 5.74) is 8.54.